The van der Waals surface area contributed by atoms with Gasteiger partial charge in [-0.15, -0.1) is 5.10 Å². The molecule has 5 nitrogen and oxygen atoms in total. The van der Waals surface area contributed by atoms with E-state index < -0.39 is 0 Å². The van der Waals surface area contributed by atoms with Gasteiger partial charge in [-0.2, -0.15) is 0 Å². The third-order valence-electron chi connectivity index (χ3n) is 2.69. The zero-order chi connectivity index (χ0) is 10.0. The molecule has 0 radical (unpaired) electrons. The Balaban J connectivity index is 2.60. The van der Waals surface area contributed by atoms with Crippen molar-refractivity contribution in [1.29, 1.82) is 0 Å². The van der Waals surface area contributed by atoms with Gasteiger partial charge < -0.3 is 21.4 Å². The molecule has 1 heterocycles. The van der Waals surface area contributed by atoms with E-state index >= 15 is 0 Å². The summed E-state index contributed by atoms with van der Waals surface area (Å²) in [6.45, 7) is 4.07. The molecule has 1 fully saturated rings. The Kier molecular flexibility index (Phi) is 2.98. The maximum absolute atomic E-state index is 5.64. The first-order valence-electron chi connectivity index (χ1n) is 4.51. The highest BCUT2D eigenvalue weighted by Gasteiger charge is 2.31. The third kappa shape index (κ3) is 2.03. The third-order valence-corrected chi connectivity index (χ3v) is 2.69. The van der Waals surface area contributed by atoms with E-state index in [0.29, 0.717) is 17.9 Å². The van der Waals surface area contributed by atoms with Gasteiger partial charge in [0.2, 0.25) is 5.96 Å². The number of likely N-dealkylation sites (N-methyl/N-ethyl adjacent to an activating group) is 1. The standard InChI is InChI=1S/C8H19N5/c1-6-4-13(8(9)11-10)5-7(6)12(2)3/h6-7H,4-5,10H2,1-3H3,(H2,9,11). The predicted octanol–water partition coefficient (Wildman–Crippen LogP) is -0.943. The molecule has 0 saturated carbocycles. The van der Waals surface area contributed by atoms with Gasteiger partial charge >= 0.3 is 0 Å². The molecule has 1 rings (SSSR count). The molecule has 0 aromatic carbocycles. The lowest BCUT2D eigenvalue weighted by atomic mass is 10.1. The summed E-state index contributed by atoms with van der Waals surface area (Å²) in [7, 11) is 4.17. The number of hydrogen-bond donors (Lipinski definition) is 2. The highest BCUT2D eigenvalue weighted by molar-refractivity contribution is 5.78. The van der Waals surface area contributed by atoms with E-state index in [4.69, 9.17) is 11.6 Å². The quantitative estimate of drug-likeness (QED) is 0.239. The van der Waals surface area contributed by atoms with Crippen LogP contribution in [0.1, 0.15) is 6.92 Å². The summed E-state index contributed by atoms with van der Waals surface area (Å²) in [5.41, 5.74) is 5.64. The lowest BCUT2D eigenvalue weighted by molar-refractivity contribution is 0.262. The first-order chi connectivity index (χ1) is 6.06. The fourth-order valence-electron chi connectivity index (χ4n) is 1.89. The number of guanidine groups is 1. The number of rotatable bonds is 1. The van der Waals surface area contributed by atoms with Crippen molar-refractivity contribution in [1.82, 2.24) is 9.80 Å². The summed E-state index contributed by atoms with van der Waals surface area (Å²) in [4.78, 5) is 4.24. The maximum Gasteiger partial charge on any atom is 0.213 e. The van der Waals surface area contributed by atoms with Crippen molar-refractivity contribution in [2.24, 2.45) is 22.6 Å². The Hall–Kier alpha value is -0.970. The smallest absolute Gasteiger partial charge is 0.213 e. The fourth-order valence-corrected chi connectivity index (χ4v) is 1.89. The second kappa shape index (κ2) is 3.83. The van der Waals surface area contributed by atoms with Gasteiger partial charge in [-0.3, -0.25) is 0 Å². The van der Waals surface area contributed by atoms with Crippen LogP contribution in [0, 0.1) is 5.92 Å². The first-order valence-corrected chi connectivity index (χ1v) is 4.51. The SMILES string of the molecule is CC1CN(C(N)=NN)CC1N(C)C. The van der Waals surface area contributed by atoms with Gasteiger partial charge in [0.15, 0.2) is 0 Å². The van der Waals surface area contributed by atoms with Gasteiger partial charge in [-0.1, -0.05) is 6.92 Å². The summed E-state index contributed by atoms with van der Waals surface area (Å²) in [6, 6.07) is 0.542. The van der Waals surface area contributed by atoms with Crippen LogP contribution in [0.4, 0.5) is 0 Å². The second-order valence-corrected chi connectivity index (χ2v) is 3.90. The van der Waals surface area contributed by atoms with Crippen LogP contribution in [0.5, 0.6) is 0 Å². The minimum absolute atomic E-state index is 0.441. The molecule has 0 aliphatic carbocycles. The molecular weight excluding hydrogens is 166 g/mol. The fraction of sp³-hybridized carbons (Fsp3) is 0.875. The van der Waals surface area contributed by atoms with Crippen molar-refractivity contribution in [3.63, 3.8) is 0 Å². The minimum atomic E-state index is 0.441. The zero-order valence-electron chi connectivity index (χ0n) is 8.57. The second-order valence-electron chi connectivity index (χ2n) is 3.90. The molecule has 13 heavy (non-hydrogen) atoms. The summed E-state index contributed by atoms with van der Waals surface area (Å²) in [5, 5.41) is 3.50. The molecule has 1 aliphatic rings. The molecule has 4 N–H and O–H groups in total. The lowest BCUT2D eigenvalue weighted by Crippen LogP contribution is -2.39. The van der Waals surface area contributed by atoms with E-state index in [1.54, 1.807) is 0 Å². The van der Waals surface area contributed by atoms with Crippen molar-refractivity contribution >= 4 is 5.96 Å². The van der Waals surface area contributed by atoms with Crippen molar-refractivity contribution in [2.75, 3.05) is 27.2 Å². The van der Waals surface area contributed by atoms with Crippen LogP contribution >= 0.6 is 0 Å². The monoisotopic (exact) mass is 185 g/mol. The van der Waals surface area contributed by atoms with Crippen molar-refractivity contribution in [2.45, 2.75) is 13.0 Å². The van der Waals surface area contributed by atoms with E-state index in [1.165, 1.54) is 0 Å². The van der Waals surface area contributed by atoms with E-state index in [0.717, 1.165) is 13.1 Å². The molecule has 0 aromatic rings. The van der Waals surface area contributed by atoms with E-state index in [1.807, 2.05) is 4.90 Å². The molecule has 1 saturated heterocycles. The van der Waals surface area contributed by atoms with Crippen molar-refractivity contribution in [3.05, 3.63) is 0 Å². The summed E-state index contributed by atoms with van der Waals surface area (Å²) >= 11 is 0. The van der Waals surface area contributed by atoms with Crippen LogP contribution in [-0.2, 0) is 0 Å². The largest absolute Gasteiger partial charge is 0.368 e. The van der Waals surface area contributed by atoms with Crippen LogP contribution in [0.3, 0.4) is 0 Å². The predicted molar refractivity (Wildman–Crippen MR) is 54.0 cm³/mol. The minimum Gasteiger partial charge on any atom is -0.368 e. The van der Waals surface area contributed by atoms with E-state index in [9.17, 15) is 0 Å². The first kappa shape index (κ1) is 10.1. The topological polar surface area (TPSA) is 70.9 Å². The Bertz CT molecular complexity index is 201. The Morgan fingerprint density at radius 2 is 2.08 bits per heavy atom. The van der Waals surface area contributed by atoms with Crippen molar-refractivity contribution < 1.29 is 0 Å². The number of hydrazone groups is 1. The molecule has 1 aliphatic heterocycles. The van der Waals surface area contributed by atoms with Crippen LogP contribution in [0.2, 0.25) is 0 Å². The molecular formula is C8H19N5. The van der Waals surface area contributed by atoms with Gasteiger partial charge in [0, 0.05) is 19.1 Å². The number of hydrogen-bond acceptors (Lipinski definition) is 3. The summed E-state index contributed by atoms with van der Waals surface area (Å²) in [6.07, 6.45) is 0. The molecule has 5 heteroatoms. The normalized spacial score (nSPS) is 30.2. The van der Waals surface area contributed by atoms with Gasteiger partial charge in [-0.05, 0) is 20.0 Å². The average Bonchev–Trinajstić information content (AvgIpc) is 2.46. The van der Waals surface area contributed by atoms with Crippen LogP contribution in [-0.4, -0.2) is 49.0 Å². The van der Waals surface area contributed by atoms with Crippen LogP contribution in [0.15, 0.2) is 5.10 Å². The number of nitrogens with two attached hydrogens (primary N) is 2. The Morgan fingerprint density at radius 1 is 1.46 bits per heavy atom. The molecule has 0 spiro atoms. The Morgan fingerprint density at radius 3 is 2.46 bits per heavy atom. The van der Waals surface area contributed by atoms with Crippen LogP contribution in [0.25, 0.3) is 0 Å². The zero-order valence-corrected chi connectivity index (χ0v) is 8.57. The molecule has 2 unspecified atom stereocenters. The molecule has 0 amide bonds. The number of nitrogens with zero attached hydrogens (tertiary/aromatic N) is 3. The average molecular weight is 185 g/mol. The molecule has 76 valence electrons. The van der Waals surface area contributed by atoms with E-state index in [2.05, 4.69) is 31.0 Å². The molecule has 0 aromatic heterocycles. The molecule has 0 bridgehead atoms. The van der Waals surface area contributed by atoms with Gasteiger partial charge in [0.25, 0.3) is 0 Å². The molecule has 2 atom stereocenters. The maximum atomic E-state index is 5.64. The summed E-state index contributed by atoms with van der Waals surface area (Å²) in [5.74, 6) is 6.17. The van der Waals surface area contributed by atoms with Gasteiger partial charge in [0.1, 0.15) is 0 Å². The Labute approximate surface area is 79.4 Å². The van der Waals surface area contributed by atoms with Crippen molar-refractivity contribution in [3.8, 4) is 0 Å². The van der Waals surface area contributed by atoms with Gasteiger partial charge in [0.05, 0.1) is 0 Å². The van der Waals surface area contributed by atoms with E-state index in [-0.39, 0.29) is 0 Å². The highest BCUT2D eigenvalue weighted by Crippen LogP contribution is 2.19. The number of likely N-dealkylation sites (tertiary alicyclic amines) is 1. The van der Waals surface area contributed by atoms with Crippen LogP contribution < -0.4 is 11.6 Å². The lowest BCUT2D eigenvalue weighted by Gasteiger charge is -2.22. The van der Waals surface area contributed by atoms with Gasteiger partial charge in [-0.25, -0.2) is 0 Å². The highest BCUT2D eigenvalue weighted by atomic mass is 15.4. The summed E-state index contributed by atoms with van der Waals surface area (Å²) < 4.78 is 0.